The fourth-order valence-corrected chi connectivity index (χ4v) is 3.00. The zero-order valence-corrected chi connectivity index (χ0v) is 13.4. The van der Waals surface area contributed by atoms with E-state index in [9.17, 15) is 0 Å². The van der Waals surface area contributed by atoms with Crippen molar-refractivity contribution in [2.24, 2.45) is 5.92 Å². The smallest absolute Gasteiger partial charge is 0.112 e. The molecule has 0 aromatic heterocycles. The van der Waals surface area contributed by atoms with E-state index >= 15 is 0 Å². The van der Waals surface area contributed by atoms with Crippen molar-refractivity contribution in [3.63, 3.8) is 0 Å². The van der Waals surface area contributed by atoms with Gasteiger partial charge in [0.2, 0.25) is 0 Å². The first kappa shape index (κ1) is 17.1. The molecule has 0 saturated carbocycles. The van der Waals surface area contributed by atoms with Gasteiger partial charge in [-0.25, -0.2) is 0 Å². The van der Waals surface area contributed by atoms with E-state index < -0.39 is 0 Å². The Hall–Kier alpha value is -1.24. The maximum atomic E-state index is 6.17. The maximum Gasteiger partial charge on any atom is 0.113 e. The van der Waals surface area contributed by atoms with E-state index in [-0.39, 0.29) is 5.46 Å². The third kappa shape index (κ3) is 3.24. The maximum absolute atomic E-state index is 6.17. The van der Waals surface area contributed by atoms with Gasteiger partial charge in [0.1, 0.15) is 39.2 Å². The highest BCUT2D eigenvalue weighted by Gasteiger charge is 2.15. The Morgan fingerprint density at radius 3 is 1.86 bits per heavy atom. The van der Waals surface area contributed by atoms with Crippen LogP contribution in [0, 0.1) is 5.92 Å². The summed E-state index contributed by atoms with van der Waals surface area (Å²) in [6, 6.07) is 0. The molecular formula is C17H15B5. The predicted octanol–water partition coefficient (Wildman–Crippen LogP) is -1.03. The minimum Gasteiger partial charge on any atom is -0.112 e. The molecule has 1 aromatic carbocycles. The molecule has 0 heterocycles. The number of rotatable bonds is 1. The van der Waals surface area contributed by atoms with E-state index in [1.807, 2.05) is 0 Å². The van der Waals surface area contributed by atoms with Crippen molar-refractivity contribution in [1.82, 2.24) is 0 Å². The first-order chi connectivity index (χ1) is 10.2. The summed E-state index contributed by atoms with van der Waals surface area (Å²) >= 11 is 0. The van der Waals surface area contributed by atoms with Crippen LogP contribution in [0.3, 0.4) is 0 Å². The zero-order chi connectivity index (χ0) is 16.6. The fourth-order valence-electron chi connectivity index (χ4n) is 3.00. The van der Waals surface area contributed by atoms with Gasteiger partial charge in [-0.2, -0.15) is 0 Å². The lowest BCUT2D eigenvalue weighted by atomic mass is 9.59. The molecule has 1 unspecified atom stereocenters. The lowest BCUT2D eigenvalue weighted by Gasteiger charge is -2.24. The van der Waals surface area contributed by atoms with Crippen LogP contribution in [0.5, 0.6) is 0 Å². The molecule has 0 saturated heterocycles. The van der Waals surface area contributed by atoms with Crippen molar-refractivity contribution >= 4 is 72.1 Å². The Balaban J connectivity index is 2.71. The second-order valence-corrected chi connectivity index (χ2v) is 6.07. The molecular weight excluding hydrogens is 258 g/mol. The molecule has 0 aliphatic heterocycles. The Morgan fingerprint density at radius 1 is 0.818 bits per heavy atom. The predicted molar refractivity (Wildman–Crippen MR) is 103 cm³/mol. The van der Waals surface area contributed by atoms with E-state index in [1.165, 1.54) is 5.57 Å². The van der Waals surface area contributed by atoms with E-state index in [4.69, 9.17) is 39.2 Å². The van der Waals surface area contributed by atoms with E-state index in [0.717, 1.165) is 17.6 Å². The molecule has 1 aliphatic carbocycles. The monoisotopic (exact) mass is 274 g/mol. The van der Waals surface area contributed by atoms with Gasteiger partial charge in [-0.05, 0) is 37.3 Å². The van der Waals surface area contributed by atoms with Gasteiger partial charge in [0.05, 0.1) is 0 Å². The van der Waals surface area contributed by atoms with E-state index in [1.54, 1.807) is 0 Å². The van der Waals surface area contributed by atoms with Gasteiger partial charge in [0.15, 0.2) is 0 Å². The zero-order valence-electron chi connectivity index (χ0n) is 13.4. The first-order valence-corrected chi connectivity index (χ1v) is 7.30. The summed E-state index contributed by atoms with van der Waals surface area (Å²) in [6.07, 6.45) is 7.25. The van der Waals surface area contributed by atoms with Crippen molar-refractivity contribution in [2.45, 2.75) is 27.2 Å². The van der Waals surface area contributed by atoms with Gasteiger partial charge in [0.25, 0.3) is 0 Å². The third-order valence-electron chi connectivity index (χ3n) is 3.96. The van der Waals surface area contributed by atoms with Gasteiger partial charge in [-0.1, -0.05) is 47.2 Å². The quantitative estimate of drug-likeness (QED) is 0.453. The number of hydrogen-bond acceptors (Lipinski definition) is 0. The topological polar surface area (TPSA) is 0 Å². The van der Waals surface area contributed by atoms with Crippen LogP contribution in [0.2, 0.25) is 0 Å². The van der Waals surface area contributed by atoms with Crippen LogP contribution in [0.15, 0.2) is 29.4 Å². The van der Waals surface area contributed by atoms with Gasteiger partial charge < -0.3 is 0 Å². The van der Waals surface area contributed by atoms with Crippen LogP contribution in [0.4, 0.5) is 0 Å². The van der Waals surface area contributed by atoms with Crippen molar-refractivity contribution in [3.8, 4) is 0 Å². The highest BCUT2D eigenvalue weighted by Crippen LogP contribution is 2.25. The number of benzene rings is 1. The Labute approximate surface area is 140 Å². The summed E-state index contributed by atoms with van der Waals surface area (Å²) in [5, 5.41) is 0. The molecule has 0 nitrogen and oxygen atoms in total. The average molecular weight is 273 g/mol. The van der Waals surface area contributed by atoms with E-state index in [0.29, 0.717) is 33.3 Å². The van der Waals surface area contributed by atoms with Crippen molar-refractivity contribution < 1.29 is 0 Å². The molecule has 0 amide bonds. The molecule has 0 bridgehead atoms. The lowest BCUT2D eigenvalue weighted by molar-refractivity contribution is 0.905. The lowest BCUT2D eigenvalue weighted by Crippen LogP contribution is -2.56. The Kier molecular flexibility index (Phi) is 5.05. The molecule has 0 N–H and O–H groups in total. The number of hydrogen-bond donors (Lipinski definition) is 0. The first-order valence-electron chi connectivity index (χ1n) is 7.30. The average Bonchev–Trinajstić information content (AvgIpc) is 2.41. The van der Waals surface area contributed by atoms with Crippen molar-refractivity contribution in [1.29, 1.82) is 0 Å². The van der Waals surface area contributed by atoms with Crippen molar-refractivity contribution in [2.75, 3.05) is 0 Å². The summed E-state index contributed by atoms with van der Waals surface area (Å²) in [5.74, 6) is 0.397. The molecule has 0 spiro atoms. The molecule has 98 valence electrons. The van der Waals surface area contributed by atoms with Gasteiger partial charge in [-0.15, -0.1) is 16.4 Å². The molecule has 10 radical (unpaired) electrons. The summed E-state index contributed by atoms with van der Waals surface area (Å²) in [5.41, 5.74) is 5.71. The molecule has 0 fully saturated rings. The molecule has 1 aromatic rings. The van der Waals surface area contributed by atoms with Crippen LogP contribution in [-0.4, -0.2) is 39.2 Å². The minimum atomic E-state index is 0.248. The van der Waals surface area contributed by atoms with Crippen molar-refractivity contribution in [3.05, 3.63) is 34.9 Å². The normalized spacial score (nSPS) is 26.0. The SMILES string of the molecule is [B]c1c([B])c([B])c(/C2=C/C(C)=C\C(C)/C=C(\C)C2)c([B])c1[B]. The molecule has 5 heteroatoms. The summed E-state index contributed by atoms with van der Waals surface area (Å²) in [4.78, 5) is 0. The second-order valence-electron chi connectivity index (χ2n) is 6.07. The van der Waals surface area contributed by atoms with Crippen LogP contribution in [-0.2, 0) is 0 Å². The highest BCUT2D eigenvalue weighted by molar-refractivity contribution is 6.67. The van der Waals surface area contributed by atoms with Crippen LogP contribution >= 0.6 is 0 Å². The highest BCUT2D eigenvalue weighted by atomic mass is 14.2. The van der Waals surface area contributed by atoms with Crippen LogP contribution < -0.4 is 27.3 Å². The molecule has 1 aliphatic rings. The Bertz CT molecular complexity index is 681. The largest absolute Gasteiger partial charge is 0.113 e. The van der Waals surface area contributed by atoms with Gasteiger partial charge in [0, 0.05) is 0 Å². The van der Waals surface area contributed by atoms with Gasteiger partial charge >= 0.3 is 0 Å². The minimum absolute atomic E-state index is 0.248. The summed E-state index contributed by atoms with van der Waals surface area (Å²) in [6.45, 7) is 6.31. The van der Waals surface area contributed by atoms with Crippen LogP contribution in [0.1, 0.15) is 32.8 Å². The van der Waals surface area contributed by atoms with E-state index in [2.05, 4.69) is 39.0 Å². The number of allylic oxidation sites excluding steroid dienone is 6. The Morgan fingerprint density at radius 2 is 1.32 bits per heavy atom. The standard InChI is InChI=1S/C17H15B5/c1-8-4-9(2)6-11(7-10(3)5-8)12-13(18)15(20)17(22)16(21)14(12)19/h4-6,8H,7H2,1-3H3/b9-4-,10-5+,11-6+. The summed E-state index contributed by atoms with van der Waals surface area (Å²) < 4.78 is 0. The molecule has 1 atom stereocenters. The fraction of sp³-hybridized carbons (Fsp3) is 0.294. The van der Waals surface area contributed by atoms with Gasteiger partial charge in [-0.3, -0.25) is 0 Å². The second kappa shape index (κ2) is 6.48. The molecule has 2 rings (SSSR count). The molecule has 22 heavy (non-hydrogen) atoms. The third-order valence-corrected chi connectivity index (χ3v) is 3.96. The van der Waals surface area contributed by atoms with Crippen LogP contribution in [0.25, 0.3) is 5.57 Å². The summed E-state index contributed by atoms with van der Waals surface area (Å²) in [7, 11) is 30.2.